The number of nitriles is 1. The highest BCUT2D eigenvalue weighted by atomic mass is 16.3. The second kappa shape index (κ2) is 2.91. The third kappa shape index (κ3) is 1.27. The smallest absolute Gasteiger partial charge is 0.209 e. The monoisotopic (exact) mass is 172 g/mol. The van der Waals surface area contributed by atoms with E-state index in [1.807, 2.05) is 31.2 Å². The van der Waals surface area contributed by atoms with Crippen LogP contribution in [0.1, 0.15) is 11.5 Å². The molecule has 0 saturated heterocycles. The van der Waals surface area contributed by atoms with Crippen molar-refractivity contribution in [3.8, 4) is 6.07 Å². The summed E-state index contributed by atoms with van der Waals surface area (Å²) in [5.41, 5.74) is 2.66. The van der Waals surface area contributed by atoms with Gasteiger partial charge in [-0.15, -0.1) is 0 Å². The summed E-state index contributed by atoms with van der Waals surface area (Å²) in [6.45, 7) is 1.96. The number of hydrogen-bond donors (Lipinski definition) is 0. The molecule has 64 valence electrons. The molecule has 3 nitrogen and oxygen atoms in total. The first-order chi connectivity index (χ1) is 6.31. The fourth-order valence-electron chi connectivity index (χ4n) is 1.28. The first kappa shape index (κ1) is 7.81. The lowest BCUT2D eigenvalue weighted by Gasteiger charge is -1.89. The number of fused-ring (bicyclic) bond motifs is 1. The van der Waals surface area contributed by atoms with Crippen LogP contribution in [0.5, 0.6) is 0 Å². The van der Waals surface area contributed by atoms with Crippen LogP contribution in [-0.2, 0) is 6.42 Å². The highest BCUT2D eigenvalue weighted by molar-refractivity contribution is 5.75. The minimum atomic E-state index is 0.230. The number of para-hydroxylation sites is 1. The lowest BCUT2D eigenvalue weighted by molar-refractivity contribution is 0.546. The predicted molar refractivity (Wildman–Crippen MR) is 48.1 cm³/mol. The summed E-state index contributed by atoms with van der Waals surface area (Å²) in [6.07, 6.45) is 0.230. The van der Waals surface area contributed by atoms with Crippen molar-refractivity contribution in [3.63, 3.8) is 0 Å². The van der Waals surface area contributed by atoms with Gasteiger partial charge in [0.15, 0.2) is 5.58 Å². The van der Waals surface area contributed by atoms with Gasteiger partial charge in [-0.2, -0.15) is 5.26 Å². The fourth-order valence-corrected chi connectivity index (χ4v) is 1.28. The molecule has 1 aromatic heterocycles. The topological polar surface area (TPSA) is 49.8 Å². The number of rotatable bonds is 1. The molecule has 0 aliphatic rings. The molecule has 0 radical (unpaired) electrons. The minimum Gasteiger partial charge on any atom is -0.439 e. The number of aromatic nitrogens is 1. The van der Waals surface area contributed by atoms with E-state index in [4.69, 9.17) is 9.68 Å². The Balaban J connectivity index is 2.63. The Morgan fingerprint density at radius 2 is 2.38 bits per heavy atom. The van der Waals surface area contributed by atoms with Gasteiger partial charge in [-0.05, 0) is 18.6 Å². The van der Waals surface area contributed by atoms with Gasteiger partial charge in [0.25, 0.3) is 0 Å². The van der Waals surface area contributed by atoms with Crippen molar-refractivity contribution in [1.82, 2.24) is 4.98 Å². The number of aryl methyl sites for hydroxylation is 1. The van der Waals surface area contributed by atoms with Gasteiger partial charge in [-0.1, -0.05) is 12.1 Å². The van der Waals surface area contributed by atoms with Crippen LogP contribution in [0.4, 0.5) is 0 Å². The molecule has 0 fully saturated rings. The van der Waals surface area contributed by atoms with Crippen molar-refractivity contribution in [1.29, 1.82) is 5.26 Å². The maximum absolute atomic E-state index is 8.46. The fraction of sp³-hybridized carbons (Fsp3) is 0.200. The van der Waals surface area contributed by atoms with E-state index >= 15 is 0 Å². The highest BCUT2D eigenvalue weighted by Gasteiger charge is 2.05. The summed E-state index contributed by atoms with van der Waals surface area (Å²) < 4.78 is 5.41. The van der Waals surface area contributed by atoms with Crippen LogP contribution >= 0.6 is 0 Å². The predicted octanol–water partition coefficient (Wildman–Crippen LogP) is 2.20. The van der Waals surface area contributed by atoms with Crippen molar-refractivity contribution in [3.05, 3.63) is 29.7 Å². The molecule has 0 spiro atoms. The zero-order valence-corrected chi connectivity index (χ0v) is 7.24. The standard InChI is InChI=1S/C10H8N2O/c1-7-3-2-4-8-10(7)13-9(12-8)5-6-11/h2-4H,5H2,1H3. The summed E-state index contributed by atoms with van der Waals surface area (Å²) in [4.78, 5) is 4.17. The Labute approximate surface area is 75.6 Å². The van der Waals surface area contributed by atoms with Gasteiger partial charge in [0.1, 0.15) is 11.9 Å². The van der Waals surface area contributed by atoms with E-state index < -0.39 is 0 Å². The van der Waals surface area contributed by atoms with Gasteiger partial charge in [0.2, 0.25) is 5.89 Å². The first-order valence-corrected chi connectivity index (χ1v) is 4.03. The Hall–Kier alpha value is -1.82. The van der Waals surface area contributed by atoms with E-state index in [-0.39, 0.29) is 6.42 Å². The molecule has 3 heteroatoms. The number of oxazole rings is 1. The van der Waals surface area contributed by atoms with Crippen molar-refractivity contribution in [2.45, 2.75) is 13.3 Å². The highest BCUT2D eigenvalue weighted by Crippen LogP contribution is 2.18. The van der Waals surface area contributed by atoms with Crippen molar-refractivity contribution in [2.75, 3.05) is 0 Å². The molecule has 0 saturated carbocycles. The van der Waals surface area contributed by atoms with E-state index in [0.717, 1.165) is 16.7 Å². The van der Waals surface area contributed by atoms with Crippen molar-refractivity contribution in [2.24, 2.45) is 0 Å². The molecule has 0 aliphatic carbocycles. The molecular weight excluding hydrogens is 164 g/mol. The van der Waals surface area contributed by atoms with Crippen LogP contribution in [0.3, 0.4) is 0 Å². The van der Waals surface area contributed by atoms with Crippen molar-refractivity contribution < 1.29 is 4.42 Å². The van der Waals surface area contributed by atoms with Crippen LogP contribution in [0, 0.1) is 18.3 Å². The van der Waals surface area contributed by atoms with E-state index in [1.54, 1.807) is 0 Å². The zero-order chi connectivity index (χ0) is 9.26. The van der Waals surface area contributed by atoms with Gasteiger partial charge < -0.3 is 4.42 Å². The largest absolute Gasteiger partial charge is 0.439 e. The average Bonchev–Trinajstić information content (AvgIpc) is 2.49. The third-order valence-electron chi connectivity index (χ3n) is 1.89. The van der Waals surface area contributed by atoms with Crippen LogP contribution in [-0.4, -0.2) is 4.98 Å². The van der Waals surface area contributed by atoms with Gasteiger partial charge in [-0.3, -0.25) is 0 Å². The summed E-state index contributed by atoms with van der Waals surface area (Å²) in [7, 11) is 0. The molecule has 13 heavy (non-hydrogen) atoms. The molecular formula is C10H8N2O. The van der Waals surface area contributed by atoms with Crippen LogP contribution in [0.25, 0.3) is 11.1 Å². The molecule has 1 aromatic carbocycles. The molecule has 0 unspecified atom stereocenters. The molecule has 0 N–H and O–H groups in total. The zero-order valence-electron chi connectivity index (χ0n) is 7.24. The molecule has 2 rings (SSSR count). The average molecular weight is 172 g/mol. The molecule has 1 heterocycles. The maximum atomic E-state index is 8.46. The second-order valence-electron chi connectivity index (χ2n) is 2.87. The van der Waals surface area contributed by atoms with E-state index in [2.05, 4.69) is 4.98 Å². The van der Waals surface area contributed by atoms with Crippen LogP contribution < -0.4 is 0 Å². The van der Waals surface area contributed by atoms with Gasteiger partial charge in [0, 0.05) is 0 Å². The number of benzene rings is 1. The number of hydrogen-bond acceptors (Lipinski definition) is 3. The van der Waals surface area contributed by atoms with E-state index in [0.29, 0.717) is 5.89 Å². The van der Waals surface area contributed by atoms with E-state index in [9.17, 15) is 0 Å². The SMILES string of the molecule is Cc1cccc2nc(CC#N)oc12. The summed E-state index contributed by atoms with van der Waals surface area (Å²) in [6, 6.07) is 7.78. The molecule has 0 aliphatic heterocycles. The van der Waals surface area contributed by atoms with E-state index in [1.165, 1.54) is 0 Å². The minimum absolute atomic E-state index is 0.230. The van der Waals surface area contributed by atoms with Gasteiger partial charge in [-0.25, -0.2) is 4.98 Å². The molecule has 0 bridgehead atoms. The number of nitrogens with zero attached hydrogens (tertiary/aromatic N) is 2. The summed E-state index contributed by atoms with van der Waals surface area (Å²) in [5, 5.41) is 8.46. The maximum Gasteiger partial charge on any atom is 0.209 e. The Morgan fingerprint density at radius 3 is 3.08 bits per heavy atom. The Bertz CT molecular complexity index is 479. The molecule has 0 amide bonds. The summed E-state index contributed by atoms with van der Waals surface area (Å²) >= 11 is 0. The first-order valence-electron chi connectivity index (χ1n) is 4.03. The molecule has 2 aromatic rings. The lowest BCUT2D eigenvalue weighted by Crippen LogP contribution is -1.77. The van der Waals surface area contributed by atoms with Crippen LogP contribution in [0.2, 0.25) is 0 Å². The quantitative estimate of drug-likeness (QED) is 0.662. The second-order valence-corrected chi connectivity index (χ2v) is 2.87. The molecule has 0 atom stereocenters. The van der Waals surface area contributed by atoms with Crippen molar-refractivity contribution >= 4 is 11.1 Å². The Morgan fingerprint density at radius 1 is 1.54 bits per heavy atom. The van der Waals surface area contributed by atoms with Gasteiger partial charge >= 0.3 is 0 Å². The third-order valence-corrected chi connectivity index (χ3v) is 1.89. The normalized spacial score (nSPS) is 10.2. The summed E-state index contributed by atoms with van der Waals surface area (Å²) in [5.74, 6) is 0.492. The van der Waals surface area contributed by atoms with Gasteiger partial charge in [0.05, 0.1) is 6.07 Å². The van der Waals surface area contributed by atoms with Crippen LogP contribution in [0.15, 0.2) is 22.6 Å². The Kier molecular flexibility index (Phi) is 1.75. The lowest BCUT2D eigenvalue weighted by atomic mass is 10.2.